The van der Waals surface area contributed by atoms with Crippen molar-refractivity contribution in [3.05, 3.63) is 53.6 Å². The largest absolute Gasteiger partial charge is 0.508 e. The second-order valence-electron chi connectivity index (χ2n) is 7.00. The number of aromatic hydroxyl groups is 1. The van der Waals surface area contributed by atoms with Crippen LogP contribution in [0.15, 0.2) is 47.6 Å². The predicted octanol–water partition coefficient (Wildman–Crippen LogP) is 2.41. The SMILES string of the molecule is COc1cc(OC)cc(C(=O)N2CCC(C(=O)N/N=C\c3cccc(O)c3)CC2)c1. The summed E-state index contributed by atoms with van der Waals surface area (Å²) < 4.78 is 10.5. The van der Waals surface area contributed by atoms with Crippen molar-refractivity contribution in [2.24, 2.45) is 11.0 Å². The minimum absolute atomic E-state index is 0.118. The van der Waals surface area contributed by atoms with E-state index in [9.17, 15) is 14.7 Å². The molecule has 0 unspecified atom stereocenters. The summed E-state index contributed by atoms with van der Waals surface area (Å²) in [7, 11) is 3.08. The van der Waals surface area contributed by atoms with Crippen LogP contribution in [-0.2, 0) is 4.79 Å². The van der Waals surface area contributed by atoms with E-state index >= 15 is 0 Å². The van der Waals surface area contributed by atoms with Crippen molar-refractivity contribution in [3.8, 4) is 17.2 Å². The standard InChI is InChI=1S/C22H25N3O5/c1-29-19-11-17(12-20(13-19)30-2)22(28)25-8-6-16(7-9-25)21(27)24-23-14-15-4-3-5-18(26)10-15/h3-5,10-14,16,26H,6-9H2,1-2H3,(H,24,27)/b23-14-. The molecule has 30 heavy (non-hydrogen) atoms. The van der Waals surface area contributed by atoms with Crippen LogP contribution in [0.5, 0.6) is 17.2 Å². The summed E-state index contributed by atoms with van der Waals surface area (Å²) in [6, 6.07) is 11.7. The van der Waals surface area contributed by atoms with Gasteiger partial charge in [-0.25, -0.2) is 5.43 Å². The number of carbonyl (C=O) groups excluding carboxylic acids is 2. The number of benzene rings is 2. The molecule has 3 rings (SSSR count). The number of hydrogen-bond donors (Lipinski definition) is 2. The number of nitrogens with one attached hydrogen (secondary N) is 1. The fraction of sp³-hybridized carbons (Fsp3) is 0.318. The number of ether oxygens (including phenoxy) is 2. The Balaban J connectivity index is 1.54. The van der Waals surface area contributed by atoms with Crippen LogP contribution in [0, 0.1) is 5.92 Å². The van der Waals surface area contributed by atoms with Crippen LogP contribution in [0.2, 0.25) is 0 Å². The Kier molecular flexibility index (Phi) is 6.90. The van der Waals surface area contributed by atoms with E-state index in [4.69, 9.17) is 9.47 Å². The van der Waals surface area contributed by atoms with Crippen molar-refractivity contribution in [2.45, 2.75) is 12.8 Å². The Morgan fingerprint density at radius 1 is 1.10 bits per heavy atom. The van der Waals surface area contributed by atoms with Gasteiger partial charge >= 0.3 is 0 Å². The van der Waals surface area contributed by atoms with Gasteiger partial charge in [0.2, 0.25) is 5.91 Å². The van der Waals surface area contributed by atoms with E-state index in [1.807, 2.05) is 0 Å². The normalized spacial score (nSPS) is 14.5. The number of hydrogen-bond acceptors (Lipinski definition) is 6. The Morgan fingerprint density at radius 3 is 2.37 bits per heavy atom. The van der Waals surface area contributed by atoms with Crippen molar-refractivity contribution in [1.29, 1.82) is 0 Å². The topological polar surface area (TPSA) is 100 Å². The quantitative estimate of drug-likeness (QED) is 0.562. The van der Waals surface area contributed by atoms with Gasteiger partial charge in [-0.1, -0.05) is 12.1 Å². The molecule has 0 saturated carbocycles. The van der Waals surface area contributed by atoms with Crippen molar-refractivity contribution < 1.29 is 24.2 Å². The summed E-state index contributed by atoms with van der Waals surface area (Å²) in [6.07, 6.45) is 2.59. The lowest BCUT2D eigenvalue weighted by Gasteiger charge is -2.31. The van der Waals surface area contributed by atoms with E-state index in [1.54, 1.807) is 47.4 Å². The number of piperidine rings is 1. The summed E-state index contributed by atoms with van der Waals surface area (Å²) in [5, 5.41) is 13.4. The van der Waals surface area contributed by atoms with Gasteiger partial charge in [-0.15, -0.1) is 0 Å². The van der Waals surface area contributed by atoms with Gasteiger partial charge in [0.25, 0.3) is 5.91 Å². The van der Waals surface area contributed by atoms with Crippen LogP contribution in [0.4, 0.5) is 0 Å². The number of nitrogens with zero attached hydrogens (tertiary/aromatic N) is 2. The minimum Gasteiger partial charge on any atom is -0.508 e. The first kappa shape index (κ1) is 21.2. The Hall–Kier alpha value is -3.55. The van der Waals surface area contributed by atoms with Gasteiger partial charge < -0.3 is 19.5 Å². The molecule has 1 saturated heterocycles. The van der Waals surface area contributed by atoms with Crippen LogP contribution in [0.25, 0.3) is 0 Å². The van der Waals surface area contributed by atoms with Crippen LogP contribution in [0.3, 0.4) is 0 Å². The van der Waals surface area contributed by atoms with Gasteiger partial charge in [-0.2, -0.15) is 5.10 Å². The number of carbonyl (C=O) groups is 2. The molecule has 2 aromatic rings. The average Bonchev–Trinajstić information content (AvgIpc) is 2.78. The van der Waals surface area contributed by atoms with Gasteiger partial charge in [-0.3, -0.25) is 9.59 Å². The van der Waals surface area contributed by atoms with Gasteiger partial charge in [0.15, 0.2) is 0 Å². The maximum atomic E-state index is 12.8. The molecule has 2 amide bonds. The number of methoxy groups -OCH3 is 2. The smallest absolute Gasteiger partial charge is 0.254 e. The lowest BCUT2D eigenvalue weighted by Crippen LogP contribution is -2.42. The second kappa shape index (κ2) is 9.78. The molecule has 1 aliphatic rings. The number of phenolic OH excluding ortho intramolecular Hbond substituents is 1. The first-order valence-corrected chi connectivity index (χ1v) is 9.64. The molecule has 8 nitrogen and oxygen atoms in total. The number of rotatable bonds is 6. The molecule has 1 aliphatic heterocycles. The van der Waals surface area contributed by atoms with Crippen LogP contribution in [0.1, 0.15) is 28.8 Å². The molecule has 158 valence electrons. The summed E-state index contributed by atoms with van der Waals surface area (Å²) >= 11 is 0. The van der Waals surface area contributed by atoms with E-state index in [0.29, 0.717) is 48.6 Å². The number of likely N-dealkylation sites (tertiary alicyclic amines) is 1. The first-order chi connectivity index (χ1) is 14.5. The highest BCUT2D eigenvalue weighted by atomic mass is 16.5. The minimum atomic E-state index is -0.213. The first-order valence-electron chi connectivity index (χ1n) is 9.64. The zero-order chi connectivity index (χ0) is 21.5. The average molecular weight is 411 g/mol. The third-order valence-electron chi connectivity index (χ3n) is 5.01. The van der Waals surface area contributed by atoms with E-state index < -0.39 is 0 Å². The Labute approximate surface area is 175 Å². The number of hydrazone groups is 1. The Morgan fingerprint density at radius 2 is 1.77 bits per heavy atom. The maximum Gasteiger partial charge on any atom is 0.254 e. The molecule has 8 heteroatoms. The van der Waals surface area contributed by atoms with E-state index in [-0.39, 0.29) is 23.5 Å². The summed E-state index contributed by atoms with van der Waals surface area (Å²) in [5.74, 6) is 0.730. The highest BCUT2D eigenvalue weighted by Gasteiger charge is 2.28. The van der Waals surface area contributed by atoms with Gasteiger partial charge in [0.1, 0.15) is 17.2 Å². The summed E-state index contributed by atoms with van der Waals surface area (Å²) in [4.78, 5) is 26.9. The highest BCUT2D eigenvalue weighted by Crippen LogP contribution is 2.25. The molecule has 0 spiro atoms. The lowest BCUT2D eigenvalue weighted by molar-refractivity contribution is -0.126. The predicted molar refractivity (Wildman–Crippen MR) is 112 cm³/mol. The van der Waals surface area contributed by atoms with Crippen LogP contribution >= 0.6 is 0 Å². The van der Waals surface area contributed by atoms with Crippen LogP contribution in [-0.4, -0.2) is 55.3 Å². The molecule has 0 aliphatic carbocycles. The summed E-state index contributed by atoms with van der Waals surface area (Å²) in [6.45, 7) is 0.958. The monoisotopic (exact) mass is 411 g/mol. The summed E-state index contributed by atoms with van der Waals surface area (Å²) in [5.41, 5.74) is 3.71. The zero-order valence-electron chi connectivity index (χ0n) is 17.0. The maximum absolute atomic E-state index is 12.8. The number of phenols is 1. The van der Waals surface area contributed by atoms with Crippen molar-refractivity contribution >= 4 is 18.0 Å². The molecule has 0 bridgehead atoms. The molecule has 0 aromatic heterocycles. The fourth-order valence-corrected chi connectivity index (χ4v) is 3.33. The van der Waals surface area contributed by atoms with E-state index in [0.717, 1.165) is 0 Å². The van der Waals surface area contributed by atoms with Crippen LogP contribution < -0.4 is 14.9 Å². The molecule has 1 heterocycles. The second-order valence-corrected chi connectivity index (χ2v) is 7.00. The van der Waals surface area contributed by atoms with E-state index in [2.05, 4.69) is 10.5 Å². The third kappa shape index (κ3) is 5.28. The molecule has 2 N–H and O–H groups in total. The van der Waals surface area contributed by atoms with Gasteiger partial charge in [0.05, 0.1) is 20.4 Å². The molecule has 1 fully saturated rings. The van der Waals surface area contributed by atoms with Gasteiger partial charge in [0, 0.05) is 30.6 Å². The van der Waals surface area contributed by atoms with Crippen molar-refractivity contribution in [3.63, 3.8) is 0 Å². The fourth-order valence-electron chi connectivity index (χ4n) is 3.33. The molecule has 0 radical (unpaired) electrons. The molecular weight excluding hydrogens is 386 g/mol. The lowest BCUT2D eigenvalue weighted by atomic mass is 9.95. The Bertz CT molecular complexity index is 914. The van der Waals surface area contributed by atoms with Crippen molar-refractivity contribution in [2.75, 3.05) is 27.3 Å². The number of amides is 2. The molecule has 2 aromatic carbocycles. The van der Waals surface area contributed by atoms with Gasteiger partial charge in [-0.05, 0) is 42.7 Å². The zero-order valence-corrected chi connectivity index (χ0v) is 17.0. The molecule has 0 atom stereocenters. The van der Waals surface area contributed by atoms with E-state index in [1.165, 1.54) is 20.4 Å². The molecular formula is C22H25N3O5. The highest BCUT2D eigenvalue weighted by molar-refractivity contribution is 5.95. The third-order valence-corrected chi connectivity index (χ3v) is 5.01. The van der Waals surface area contributed by atoms with Crippen molar-refractivity contribution in [1.82, 2.24) is 10.3 Å².